The van der Waals surface area contributed by atoms with Crippen molar-refractivity contribution in [3.63, 3.8) is 0 Å². The van der Waals surface area contributed by atoms with Gasteiger partial charge in [-0.3, -0.25) is 4.79 Å². The molecule has 0 spiro atoms. The van der Waals surface area contributed by atoms with E-state index in [9.17, 15) is 4.79 Å². The summed E-state index contributed by atoms with van der Waals surface area (Å²) < 4.78 is 8.44. The molecule has 25 heavy (non-hydrogen) atoms. The molecule has 4 nitrogen and oxygen atoms in total. The number of rotatable bonds is 9. The number of aromatic nitrogens is 1. The molecule has 0 fully saturated rings. The van der Waals surface area contributed by atoms with Gasteiger partial charge in [0.1, 0.15) is 5.75 Å². The molecule has 0 saturated heterocycles. The first-order valence-electron chi connectivity index (χ1n) is 8.67. The van der Waals surface area contributed by atoms with Crippen LogP contribution in [0.1, 0.15) is 48.7 Å². The summed E-state index contributed by atoms with van der Waals surface area (Å²) in [5.41, 5.74) is 2.86. The molecule has 0 aliphatic heterocycles. The largest absolute Gasteiger partial charge is 0.496 e. The van der Waals surface area contributed by atoms with Gasteiger partial charge < -0.3 is 14.6 Å². The molecular formula is C19H27BrN2O2S. The van der Waals surface area contributed by atoms with Crippen LogP contribution in [0.25, 0.3) is 10.9 Å². The number of fused-ring (bicyclic) bond motifs is 1. The zero-order valence-corrected chi connectivity index (χ0v) is 17.8. The lowest BCUT2D eigenvalue weighted by Gasteiger charge is -2.08. The fourth-order valence-electron chi connectivity index (χ4n) is 3.05. The molecular weight excluding hydrogens is 400 g/mol. The zero-order valence-electron chi connectivity index (χ0n) is 15.4. The van der Waals surface area contributed by atoms with E-state index in [0.717, 1.165) is 57.5 Å². The van der Waals surface area contributed by atoms with Crippen LogP contribution >= 0.6 is 27.7 Å². The number of hydrogen-bond donors (Lipinski definition) is 1. The minimum atomic E-state index is 0.00974. The Morgan fingerprint density at radius 3 is 2.72 bits per heavy atom. The van der Waals surface area contributed by atoms with E-state index in [1.165, 1.54) is 12.8 Å². The highest BCUT2D eigenvalue weighted by Crippen LogP contribution is 2.35. The highest BCUT2D eigenvalue weighted by atomic mass is 79.9. The number of thioether (sulfide) groups is 1. The lowest BCUT2D eigenvalue weighted by molar-refractivity contribution is 0.0953. The Bertz CT molecular complexity index is 743. The third kappa shape index (κ3) is 4.53. The van der Waals surface area contributed by atoms with Crippen molar-refractivity contribution < 1.29 is 9.53 Å². The maximum absolute atomic E-state index is 12.9. The number of ether oxygens (including phenoxy) is 1. The van der Waals surface area contributed by atoms with E-state index >= 15 is 0 Å². The number of carbonyl (C=O) groups is 1. The molecule has 0 atom stereocenters. The number of benzene rings is 1. The monoisotopic (exact) mass is 426 g/mol. The summed E-state index contributed by atoms with van der Waals surface area (Å²) in [7, 11) is 3.66. The van der Waals surface area contributed by atoms with E-state index in [1.807, 2.05) is 19.2 Å². The van der Waals surface area contributed by atoms with Gasteiger partial charge in [0.15, 0.2) is 0 Å². The Hall–Kier alpha value is -1.14. The Labute approximate surface area is 162 Å². The van der Waals surface area contributed by atoms with Crippen molar-refractivity contribution in [2.24, 2.45) is 7.05 Å². The van der Waals surface area contributed by atoms with Crippen molar-refractivity contribution in [1.29, 1.82) is 0 Å². The van der Waals surface area contributed by atoms with E-state index in [-0.39, 0.29) is 5.91 Å². The van der Waals surface area contributed by atoms with Gasteiger partial charge in [-0.1, -0.05) is 26.2 Å². The predicted octanol–water partition coefficient (Wildman–Crippen LogP) is 5.12. The van der Waals surface area contributed by atoms with Crippen LogP contribution in [0.2, 0.25) is 0 Å². The third-order valence-electron chi connectivity index (χ3n) is 4.42. The molecule has 0 unspecified atom stereocenters. The van der Waals surface area contributed by atoms with Crippen LogP contribution in [-0.4, -0.2) is 30.4 Å². The molecule has 138 valence electrons. The van der Waals surface area contributed by atoms with Gasteiger partial charge in [0.25, 0.3) is 5.91 Å². The first-order valence-corrected chi connectivity index (χ1v) is 10.9. The molecule has 2 aromatic rings. The fraction of sp³-hybridized carbons (Fsp3) is 0.526. The van der Waals surface area contributed by atoms with Gasteiger partial charge in [-0.05, 0) is 40.7 Å². The number of unbranched alkanes of at least 4 members (excludes halogenated alkanes) is 3. The van der Waals surface area contributed by atoms with E-state index in [2.05, 4.69) is 39.0 Å². The smallest absolute Gasteiger partial charge is 0.253 e. The maximum Gasteiger partial charge on any atom is 0.253 e. The Kier molecular flexibility index (Phi) is 7.69. The topological polar surface area (TPSA) is 43.3 Å². The summed E-state index contributed by atoms with van der Waals surface area (Å²) in [5.74, 6) is 1.55. The highest BCUT2D eigenvalue weighted by Gasteiger charge is 2.22. The number of halogens is 1. The van der Waals surface area contributed by atoms with Gasteiger partial charge in [-0.15, -0.1) is 0 Å². The summed E-state index contributed by atoms with van der Waals surface area (Å²) in [5, 5.41) is 4.04. The van der Waals surface area contributed by atoms with Crippen molar-refractivity contribution in [1.82, 2.24) is 9.88 Å². The molecule has 2 rings (SSSR count). The average Bonchev–Trinajstić information content (AvgIpc) is 2.86. The standard InChI is InChI=1S/C19H27BrN2O2S/c1-5-6-7-8-9-21-19(23)18-13-10-17(24-3)14(20)11-15(13)22(2)16(18)12-25-4/h10-11H,5-9,12H2,1-4H3,(H,21,23). The van der Waals surface area contributed by atoms with Gasteiger partial charge in [-0.25, -0.2) is 0 Å². The summed E-state index contributed by atoms with van der Waals surface area (Å²) in [6.45, 7) is 2.91. The van der Waals surface area contributed by atoms with Crippen molar-refractivity contribution in [3.05, 3.63) is 27.9 Å². The van der Waals surface area contributed by atoms with Crippen LogP contribution in [-0.2, 0) is 12.8 Å². The molecule has 1 heterocycles. The Morgan fingerprint density at radius 1 is 1.32 bits per heavy atom. The van der Waals surface area contributed by atoms with Gasteiger partial charge in [-0.2, -0.15) is 11.8 Å². The second-order valence-corrected chi connectivity index (χ2v) is 7.85. The van der Waals surface area contributed by atoms with Gasteiger partial charge in [0.2, 0.25) is 0 Å². The lowest BCUT2D eigenvalue weighted by Crippen LogP contribution is -2.25. The number of hydrogen-bond acceptors (Lipinski definition) is 3. The minimum absolute atomic E-state index is 0.00974. The van der Waals surface area contributed by atoms with Crippen molar-refractivity contribution in [2.75, 3.05) is 19.9 Å². The summed E-state index contributed by atoms with van der Waals surface area (Å²) in [6.07, 6.45) is 6.65. The van der Waals surface area contributed by atoms with Crippen LogP contribution in [0.4, 0.5) is 0 Å². The quantitative estimate of drug-likeness (QED) is 0.565. The molecule has 6 heteroatoms. The fourth-order valence-corrected chi connectivity index (χ4v) is 4.15. The molecule has 0 aliphatic carbocycles. The van der Waals surface area contributed by atoms with Crippen LogP contribution in [0, 0.1) is 0 Å². The van der Waals surface area contributed by atoms with Gasteiger partial charge >= 0.3 is 0 Å². The summed E-state index contributed by atoms with van der Waals surface area (Å²) >= 11 is 5.26. The zero-order chi connectivity index (χ0) is 18.4. The highest BCUT2D eigenvalue weighted by molar-refractivity contribution is 9.10. The molecule has 1 amide bonds. The van der Waals surface area contributed by atoms with E-state index in [4.69, 9.17) is 4.74 Å². The summed E-state index contributed by atoms with van der Waals surface area (Å²) in [4.78, 5) is 12.9. The van der Waals surface area contributed by atoms with Crippen LogP contribution in [0.3, 0.4) is 0 Å². The second kappa shape index (κ2) is 9.53. The molecule has 1 aromatic heterocycles. The molecule has 0 saturated carbocycles. The van der Waals surface area contributed by atoms with Crippen molar-refractivity contribution in [3.8, 4) is 5.75 Å². The molecule has 0 aliphatic rings. The van der Waals surface area contributed by atoms with E-state index < -0.39 is 0 Å². The second-order valence-electron chi connectivity index (χ2n) is 6.13. The van der Waals surface area contributed by atoms with Crippen LogP contribution in [0.5, 0.6) is 5.75 Å². The number of carbonyl (C=O) groups excluding carboxylic acids is 1. The SMILES string of the molecule is CCCCCCNC(=O)c1c(CSC)n(C)c2cc(Br)c(OC)cc12. The number of nitrogens with zero attached hydrogens (tertiary/aromatic N) is 1. The summed E-state index contributed by atoms with van der Waals surface area (Å²) in [6, 6.07) is 3.98. The van der Waals surface area contributed by atoms with Crippen molar-refractivity contribution >= 4 is 44.5 Å². The van der Waals surface area contributed by atoms with E-state index in [1.54, 1.807) is 18.9 Å². The number of nitrogens with one attached hydrogen (secondary N) is 1. The Morgan fingerprint density at radius 2 is 2.08 bits per heavy atom. The van der Waals surface area contributed by atoms with Crippen molar-refractivity contribution in [2.45, 2.75) is 38.4 Å². The first kappa shape index (κ1) is 20.2. The van der Waals surface area contributed by atoms with Gasteiger partial charge in [0, 0.05) is 30.4 Å². The van der Waals surface area contributed by atoms with Crippen LogP contribution < -0.4 is 10.1 Å². The minimum Gasteiger partial charge on any atom is -0.496 e. The molecule has 0 bridgehead atoms. The maximum atomic E-state index is 12.9. The van der Waals surface area contributed by atoms with Gasteiger partial charge in [0.05, 0.1) is 22.7 Å². The average molecular weight is 427 g/mol. The molecule has 1 aromatic carbocycles. The molecule has 0 radical (unpaired) electrons. The lowest BCUT2D eigenvalue weighted by atomic mass is 10.1. The normalized spacial score (nSPS) is 11.1. The number of methoxy groups -OCH3 is 1. The number of aryl methyl sites for hydroxylation is 1. The molecule has 1 N–H and O–H groups in total. The third-order valence-corrected chi connectivity index (χ3v) is 5.60. The van der Waals surface area contributed by atoms with Crippen LogP contribution in [0.15, 0.2) is 16.6 Å². The Balaban J connectivity index is 2.38. The van der Waals surface area contributed by atoms with E-state index in [0.29, 0.717) is 0 Å². The predicted molar refractivity (Wildman–Crippen MR) is 111 cm³/mol. The first-order chi connectivity index (χ1) is 12.0. The number of amides is 1.